The van der Waals surface area contributed by atoms with Gasteiger partial charge in [0, 0.05) is 0 Å². The SMILES string of the molecule is C.C.C.CC(=O)C(c1ccccc1)(c1cccc(F)c1)c1cccc(F)c1. The molecule has 0 fully saturated rings. The van der Waals surface area contributed by atoms with Crippen LogP contribution in [0.3, 0.4) is 0 Å². The summed E-state index contributed by atoms with van der Waals surface area (Å²) in [6.45, 7) is 1.45. The number of ketones is 1. The van der Waals surface area contributed by atoms with Gasteiger partial charge in [-0.3, -0.25) is 4.79 Å². The minimum atomic E-state index is -1.26. The minimum Gasteiger partial charge on any atom is -0.298 e. The lowest BCUT2D eigenvalue weighted by atomic mass is 9.67. The third kappa shape index (κ3) is 4.30. The molecule has 3 heteroatoms. The topological polar surface area (TPSA) is 17.1 Å². The quantitative estimate of drug-likeness (QED) is 0.462. The van der Waals surface area contributed by atoms with Crippen molar-refractivity contribution < 1.29 is 13.6 Å². The summed E-state index contributed by atoms with van der Waals surface area (Å²) < 4.78 is 27.8. The average molecular weight is 370 g/mol. The predicted molar refractivity (Wildman–Crippen MR) is 110 cm³/mol. The van der Waals surface area contributed by atoms with Gasteiger partial charge in [0.1, 0.15) is 22.8 Å². The Morgan fingerprint density at radius 3 is 1.44 bits per heavy atom. The van der Waals surface area contributed by atoms with Gasteiger partial charge >= 0.3 is 0 Å². The molecular weight excluding hydrogens is 342 g/mol. The Balaban J connectivity index is 0.00000225. The zero-order valence-corrected chi connectivity index (χ0v) is 13.2. The second kappa shape index (κ2) is 9.77. The van der Waals surface area contributed by atoms with E-state index < -0.39 is 17.0 Å². The van der Waals surface area contributed by atoms with Crippen LogP contribution < -0.4 is 0 Å². The Hall–Kier alpha value is -2.81. The number of benzene rings is 3. The van der Waals surface area contributed by atoms with Gasteiger partial charge in [0.2, 0.25) is 0 Å². The van der Waals surface area contributed by atoms with Crippen LogP contribution in [0.2, 0.25) is 0 Å². The van der Waals surface area contributed by atoms with Gasteiger partial charge in [-0.1, -0.05) is 76.9 Å². The molecule has 0 bridgehead atoms. The highest BCUT2D eigenvalue weighted by molar-refractivity contribution is 5.96. The summed E-state index contributed by atoms with van der Waals surface area (Å²) in [6, 6.07) is 20.9. The zero-order valence-electron chi connectivity index (χ0n) is 13.2. The first-order chi connectivity index (χ1) is 11.5. The Morgan fingerprint density at radius 1 is 0.667 bits per heavy atom. The maximum absolute atomic E-state index is 13.9. The van der Waals surface area contributed by atoms with Gasteiger partial charge in [0.15, 0.2) is 0 Å². The van der Waals surface area contributed by atoms with E-state index in [0.29, 0.717) is 16.7 Å². The number of hydrogen-bond donors (Lipinski definition) is 0. The third-order valence-corrected chi connectivity index (χ3v) is 4.25. The van der Waals surface area contributed by atoms with Gasteiger partial charge in [-0.05, 0) is 47.9 Å². The molecule has 0 saturated carbocycles. The number of hydrogen-bond acceptors (Lipinski definition) is 1. The lowest BCUT2D eigenvalue weighted by Crippen LogP contribution is -2.37. The Morgan fingerprint density at radius 2 is 1.07 bits per heavy atom. The van der Waals surface area contributed by atoms with Crippen molar-refractivity contribution in [3.8, 4) is 0 Å². The second-order valence-corrected chi connectivity index (χ2v) is 5.69. The van der Waals surface area contributed by atoms with E-state index in [1.54, 1.807) is 36.4 Å². The van der Waals surface area contributed by atoms with E-state index in [2.05, 4.69) is 0 Å². The van der Waals surface area contributed by atoms with Crippen LogP contribution in [0.4, 0.5) is 8.78 Å². The maximum atomic E-state index is 13.9. The van der Waals surface area contributed by atoms with Crippen LogP contribution in [0, 0.1) is 11.6 Å². The van der Waals surface area contributed by atoms with E-state index in [0.717, 1.165) is 0 Å². The van der Waals surface area contributed by atoms with Gasteiger partial charge in [0.05, 0.1) is 0 Å². The largest absolute Gasteiger partial charge is 0.298 e. The number of carbonyl (C=O) groups is 1. The van der Waals surface area contributed by atoms with Crippen LogP contribution in [0.25, 0.3) is 0 Å². The molecule has 0 aromatic heterocycles. The fourth-order valence-corrected chi connectivity index (χ4v) is 3.24. The molecule has 0 atom stereocenters. The standard InChI is InChI=1S/C21H16F2O.3CH4/c1-15(24)21(16-7-3-2-4-8-16,17-9-5-11-19(22)13-17)18-10-6-12-20(23)14-18;;;/h2-14H,1H3;3*1H4. The van der Waals surface area contributed by atoms with Crippen LogP contribution in [-0.2, 0) is 10.2 Å². The molecule has 0 saturated heterocycles. The minimum absolute atomic E-state index is 0. The van der Waals surface area contributed by atoms with Gasteiger partial charge in [-0.25, -0.2) is 8.78 Å². The van der Waals surface area contributed by atoms with Crippen molar-refractivity contribution in [1.29, 1.82) is 0 Å². The monoisotopic (exact) mass is 370 g/mol. The molecule has 144 valence electrons. The Labute approximate surface area is 161 Å². The molecular formula is C24H28F2O. The van der Waals surface area contributed by atoms with Crippen molar-refractivity contribution >= 4 is 5.78 Å². The van der Waals surface area contributed by atoms with Crippen molar-refractivity contribution in [2.24, 2.45) is 0 Å². The summed E-state index contributed by atoms with van der Waals surface area (Å²) in [5.74, 6) is -1.08. The van der Waals surface area contributed by atoms with Crippen LogP contribution in [0.1, 0.15) is 45.9 Å². The molecule has 3 rings (SSSR count). The molecule has 3 aromatic rings. The fourth-order valence-electron chi connectivity index (χ4n) is 3.24. The highest BCUT2D eigenvalue weighted by Gasteiger charge is 2.41. The van der Waals surface area contributed by atoms with Crippen LogP contribution in [-0.4, -0.2) is 5.78 Å². The van der Waals surface area contributed by atoms with E-state index >= 15 is 0 Å². The van der Waals surface area contributed by atoms with E-state index in [-0.39, 0.29) is 28.1 Å². The molecule has 3 aromatic carbocycles. The van der Waals surface area contributed by atoms with Gasteiger partial charge in [-0.2, -0.15) is 0 Å². The first kappa shape index (κ1) is 24.2. The van der Waals surface area contributed by atoms with E-state index in [1.165, 1.54) is 31.2 Å². The molecule has 27 heavy (non-hydrogen) atoms. The van der Waals surface area contributed by atoms with Crippen molar-refractivity contribution in [1.82, 2.24) is 0 Å². The summed E-state index contributed by atoms with van der Waals surface area (Å²) in [5, 5.41) is 0. The predicted octanol–water partition coefficient (Wildman–Crippen LogP) is 6.80. The molecule has 0 heterocycles. The van der Waals surface area contributed by atoms with Crippen molar-refractivity contribution in [3.63, 3.8) is 0 Å². The van der Waals surface area contributed by atoms with E-state index in [1.807, 2.05) is 18.2 Å². The van der Waals surface area contributed by atoms with Crippen molar-refractivity contribution in [2.75, 3.05) is 0 Å². The summed E-state index contributed by atoms with van der Waals surface area (Å²) in [4.78, 5) is 12.8. The summed E-state index contributed by atoms with van der Waals surface area (Å²) in [6.07, 6.45) is 0. The first-order valence-corrected chi connectivity index (χ1v) is 7.64. The van der Waals surface area contributed by atoms with Crippen molar-refractivity contribution in [2.45, 2.75) is 34.6 Å². The van der Waals surface area contributed by atoms with E-state index in [4.69, 9.17) is 0 Å². The molecule has 0 N–H and O–H groups in total. The Bertz CT molecular complexity index is 827. The number of rotatable bonds is 4. The van der Waals surface area contributed by atoms with Gasteiger partial charge in [-0.15, -0.1) is 0 Å². The summed E-state index contributed by atoms with van der Waals surface area (Å²) in [7, 11) is 0. The summed E-state index contributed by atoms with van der Waals surface area (Å²) in [5.41, 5.74) is 0.373. The van der Waals surface area contributed by atoms with E-state index in [9.17, 15) is 13.6 Å². The maximum Gasteiger partial charge on any atom is 0.149 e. The van der Waals surface area contributed by atoms with Crippen LogP contribution >= 0.6 is 0 Å². The summed E-state index contributed by atoms with van der Waals surface area (Å²) >= 11 is 0. The highest BCUT2D eigenvalue weighted by Crippen LogP contribution is 2.40. The van der Waals surface area contributed by atoms with Crippen LogP contribution in [0.5, 0.6) is 0 Å². The molecule has 0 amide bonds. The molecule has 0 unspecified atom stereocenters. The second-order valence-electron chi connectivity index (χ2n) is 5.69. The zero-order chi connectivity index (χ0) is 17.2. The lowest BCUT2D eigenvalue weighted by molar-refractivity contribution is -0.119. The Kier molecular flexibility index (Phi) is 8.75. The lowest BCUT2D eigenvalue weighted by Gasteiger charge is -2.33. The van der Waals surface area contributed by atoms with Gasteiger partial charge < -0.3 is 0 Å². The first-order valence-electron chi connectivity index (χ1n) is 7.64. The number of Topliss-reactive ketones (excluding diaryl/α,β-unsaturated/α-hetero) is 1. The normalized spacial score (nSPS) is 10.0. The molecule has 0 aliphatic carbocycles. The smallest absolute Gasteiger partial charge is 0.149 e. The fraction of sp³-hybridized carbons (Fsp3) is 0.208. The molecule has 0 aliphatic heterocycles. The molecule has 0 spiro atoms. The molecule has 0 radical (unpaired) electrons. The molecule has 0 aliphatic rings. The van der Waals surface area contributed by atoms with Gasteiger partial charge in [0.25, 0.3) is 0 Å². The highest BCUT2D eigenvalue weighted by atomic mass is 19.1. The average Bonchev–Trinajstić information content (AvgIpc) is 2.56. The number of carbonyl (C=O) groups excluding carboxylic acids is 1. The number of halogens is 2. The van der Waals surface area contributed by atoms with Crippen molar-refractivity contribution in [3.05, 3.63) is 107 Å². The molecule has 1 nitrogen and oxygen atoms in total. The van der Waals surface area contributed by atoms with Crippen LogP contribution in [0.15, 0.2) is 78.9 Å². The third-order valence-electron chi connectivity index (χ3n) is 4.25.